The van der Waals surface area contributed by atoms with E-state index in [0.717, 1.165) is 18.9 Å². The Kier molecular flexibility index (Phi) is 5.85. The van der Waals surface area contributed by atoms with E-state index in [-0.39, 0.29) is 28.7 Å². The van der Waals surface area contributed by atoms with Crippen LogP contribution in [0, 0.1) is 0 Å². The van der Waals surface area contributed by atoms with Crippen molar-refractivity contribution in [2.45, 2.75) is 42.7 Å². The molecule has 10 nitrogen and oxygen atoms in total. The summed E-state index contributed by atoms with van der Waals surface area (Å²) >= 11 is 0. The first-order chi connectivity index (χ1) is 15.7. The molecular weight excluding hydrogens is 448 g/mol. The number of nitrogens with one attached hydrogen (secondary N) is 3. The van der Waals surface area contributed by atoms with Crippen molar-refractivity contribution in [2.24, 2.45) is 0 Å². The Morgan fingerprint density at radius 1 is 1.18 bits per heavy atom. The van der Waals surface area contributed by atoms with Gasteiger partial charge in [0, 0.05) is 11.6 Å². The van der Waals surface area contributed by atoms with Gasteiger partial charge in [0.1, 0.15) is 16.2 Å². The van der Waals surface area contributed by atoms with E-state index in [2.05, 4.69) is 15.5 Å². The van der Waals surface area contributed by atoms with Crippen molar-refractivity contribution in [1.82, 2.24) is 20.5 Å². The fourth-order valence-electron chi connectivity index (χ4n) is 3.72. The largest absolute Gasteiger partial charge is 0.495 e. The first-order valence-corrected chi connectivity index (χ1v) is 11.9. The monoisotopic (exact) mass is 472 g/mol. The maximum absolute atomic E-state index is 13.2. The summed E-state index contributed by atoms with van der Waals surface area (Å²) in [6.07, 6.45) is 1.76. The van der Waals surface area contributed by atoms with Crippen LogP contribution in [0.15, 0.2) is 53.4 Å². The van der Waals surface area contributed by atoms with Gasteiger partial charge < -0.3 is 10.1 Å². The number of imide groups is 1. The van der Waals surface area contributed by atoms with Gasteiger partial charge in [0.05, 0.1) is 7.11 Å². The number of amides is 4. The minimum absolute atomic E-state index is 0.0544. The second-order valence-electron chi connectivity index (χ2n) is 7.90. The molecule has 4 amide bonds. The zero-order chi connectivity index (χ0) is 23.8. The third-order valence-corrected chi connectivity index (χ3v) is 7.26. The van der Waals surface area contributed by atoms with Gasteiger partial charge in [-0.25, -0.2) is 17.9 Å². The zero-order valence-electron chi connectivity index (χ0n) is 18.1. The van der Waals surface area contributed by atoms with E-state index in [0.29, 0.717) is 10.6 Å². The van der Waals surface area contributed by atoms with E-state index >= 15 is 0 Å². The molecule has 1 aliphatic heterocycles. The van der Waals surface area contributed by atoms with Crippen LogP contribution in [0.5, 0.6) is 5.75 Å². The number of carbonyl (C=O) groups is 3. The summed E-state index contributed by atoms with van der Waals surface area (Å²) in [4.78, 5) is 38.5. The number of hydrogen-bond acceptors (Lipinski definition) is 6. The average molecular weight is 473 g/mol. The van der Waals surface area contributed by atoms with Gasteiger partial charge in [0.25, 0.3) is 11.8 Å². The second kappa shape index (κ2) is 8.49. The standard InChI is InChI=1S/C22H24N4O6S/c1-3-22(15-7-5-4-6-8-15)20(28)26(21(29)23-22)24-19(27)14-9-12-17(32-2)18(13-14)33(30,31)25-16-10-11-16/h4-9,12-13,16,25H,3,10-11H2,1-2H3,(H,23,29)(H,24,27)/t22-/m0/s1. The minimum atomic E-state index is -3.92. The second-order valence-corrected chi connectivity index (χ2v) is 9.58. The quantitative estimate of drug-likeness (QED) is 0.500. The van der Waals surface area contributed by atoms with Crippen LogP contribution in [-0.2, 0) is 20.4 Å². The maximum Gasteiger partial charge on any atom is 0.344 e. The number of carbonyl (C=O) groups excluding carboxylic acids is 3. The lowest BCUT2D eigenvalue weighted by Crippen LogP contribution is -2.48. The number of methoxy groups -OCH3 is 1. The lowest BCUT2D eigenvalue weighted by atomic mass is 9.87. The number of urea groups is 1. The highest BCUT2D eigenvalue weighted by Gasteiger charge is 2.52. The van der Waals surface area contributed by atoms with Crippen LogP contribution in [0.1, 0.15) is 42.1 Å². The molecule has 3 N–H and O–H groups in total. The molecule has 1 aliphatic carbocycles. The molecule has 174 valence electrons. The smallest absolute Gasteiger partial charge is 0.344 e. The van der Waals surface area contributed by atoms with Crippen molar-refractivity contribution in [3.63, 3.8) is 0 Å². The van der Waals surface area contributed by atoms with Gasteiger partial charge in [-0.15, -0.1) is 0 Å². The lowest BCUT2D eigenvalue weighted by molar-refractivity contribution is -0.133. The van der Waals surface area contributed by atoms with Gasteiger partial charge in [0.15, 0.2) is 0 Å². The summed E-state index contributed by atoms with van der Waals surface area (Å²) in [6.45, 7) is 1.75. The van der Waals surface area contributed by atoms with Crippen LogP contribution in [0.4, 0.5) is 4.79 Å². The predicted octanol–water partition coefficient (Wildman–Crippen LogP) is 1.64. The van der Waals surface area contributed by atoms with E-state index in [1.165, 1.54) is 19.2 Å². The third-order valence-electron chi connectivity index (χ3n) is 5.72. The Balaban J connectivity index is 1.60. The molecule has 1 heterocycles. The molecular formula is C22H24N4O6S. The number of nitrogens with zero attached hydrogens (tertiary/aromatic N) is 1. The van der Waals surface area contributed by atoms with E-state index in [1.54, 1.807) is 37.3 Å². The SMILES string of the molecule is CC[C@@]1(c2ccccc2)NC(=O)N(NC(=O)c2ccc(OC)c(S(=O)(=O)NC3CC3)c2)C1=O. The predicted molar refractivity (Wildman–Crippen MR) is 118 cm³/mol. The molecule has 0 aromatic heterocycles. The normalized spacial score (nSPS) is 20.5. The molecule has 2 aromatic carbocycles. The van der Waals surface area contributed by atoms with Crippen LogP contribution in [0.3, 0.4) is 0 Å². The molecule has 2 aromatic rings. The van der Waals surface area contributed by atoms with Gasteiger partial charge >= 0.3 is 6.03 Å². The fraction of sp³-hybridized carbons (Fsp3) is 0.318. The summed E-state index contributed by atoms with van der Waals surface area (Å²) in [7, 11) is -2.59. The highest BCUT2D eigenvalue weighted by atomic mass is 32.2. The number of sulfonamides is 1. The van der Waals surface area contributed by atoms with Crippen LogP contribution in [0.25, 0.3) is 0 Å². The topological polar surface area (TPSA) is 134 Å². The van der Waals surface area contributed by atoms with Crippen molar-refractivity contribution < 1.29 is 27.5 Å². The fourth-order valence-corrected chi connectivity index (χ4v) is 5.22. The zero-order valence-corrected chi connectivity index (χ0v) is 18.9. The Morgan fingerprint density at radius 3 is 2.48 bits per heavy atom. The summed E-state index contributed by atoms with van der Waals surface area (Å²) in [5, 5.41) is 3.29. The highest BCUT2D eigenvalue weighted by Crippen LogP contribution is 2.32. The molecule has 1 saturated heterocycles. The molecule has 11 heteroatoms. The molecule has 0 spiro atoms. The average Bonchev–Trinajstić information content (AvgIpc) is 3.59. The highest BCUT2D eigenvalue weighted by molar-refractivity contribution is 7.89. The van der Waals surface area contributed by atoms with Gasteiger partial charge in [-0.3, -0.25) is 15.0 Å². The van der Waals surface area contributed by atoms with Crippen LogP contribution in [-0.4, -0.2) is 44.4 Å². The number of hydrazine groups is 1. The molecule has 33 heavy (non-hydrogen) atoms. The molecule has 1 saturated carbocycles. The molecule has 1 atom stereocenters. The Morgan fingerprint density at radius 2 is 1.88 bits per heavy atom. The Bertz CT molecular complexity index is 1210. The summed E-state index contributed by atoms with van der Waals surface area (Å²) in [5.41, 5.74) is 1.52. The number of hydrogen-bond donors (Lipinski definition) is 3. The third kappa shape index (κ3) is 4.16. The maximum atomic E-state index is 13.2. The Hall–Kier alpha value is -3.44. The van der Waals surface area contributed by atoms with Gasteiger partial charge in [-0.1, -0.05) is 37.3 Å². The first-order valence-electron chi connectivity index (χ1n) is 10.5. The van der Waals surface area contributed by atoms with Gasteiger partial charge in [0.2, 0.25) is 10.0 Å². The number of benzene rings is 2. The number of rotatable bonds is 8. The number of ether oxygens (including phenoxy) is 1. The molecule has 2 fully saturated rings. The van der Waals surface area contributed by atoms with Crippen molar-refractivity contribution in [2.75, 3.05) is 7.11 Å². The van der Waals surface area contributed by atoms with Gasteiger partial charge in [-0.2, -0.15) is 5.01 Å². The first kappa shape index (κ1) is 22.7. The molecule has 2 aliphatic rings. The minimum Gasteiger partial charge on any atom is -0.495 e. The summed E-state index contributed by atoms with van der Waals surface area (Å²) in [6, 6.07) is 11.7. The van der Waals surface area contributed by atoms with Crippen LogP contribution in [0.2, 0.25) is 0 Å². The van der Waals surface area contributed by atoms with Gasteiger partial charge in [-0.05, 0) is 43.0 Å². The molecule has 0 unspecified atom stereocenters. The van der Waals surface area contributed by atoms with Crippen molar-refractivity contribution in [3.05, 3.63) is 59.7 Å². The van der Waals surface area contributed by atoms with Crippen molar-refractivity contribution in [3.8, 4) is 5.75 Å². The molecule has 0 bridgehead atoms. The van der Waals surface area contributed by atoms with Crippen molar-refractivity contribution >= 4 is 27.9 Å². The van der Waals surface area contributed by atoms with Crippen LogP contribution < -0.4 is 20.2 Å². The van der Waals surface area contributed by atoms with E-state index in [1.807, 2.05) is 0 Å². The molecule has 4 rings (SSSR count). The van der Waals surface area contributed by atoms with Crippen LogP contribution >= 0.6 is 0 Å². The summed E-state index contributed by atoms with van der Waals surface area (Å²) in [5.74, 6) is -1.38. The summed E-state index contributed by atoms with van der Waals surface area (Å²) < 4.78 is 33.1. The van der Waals surface area contributed by atoms with E-state index < -0.39 is 33.4 Å². The lowest BCUT2D eigenvalue weighted by Gasteiger charge is -2.25. The van der Waals surface area contributed by atoms with E-state index in [4.69, 9.17) is 4.74 Å². The Labute approximate surface area is 191 Å². The molecule has 0 radical (unpaired) electrons. The van der Waals surface area contributed by atoms with Crippen molar-refractivity contribution in [1.29, 1.82) is 0 Å². The van der Waals surface area contributed by atoms with E-state index in [9.17, 15) is 22.8 Å².